The van der Waals surface area contributed by atoms with Crippen LogP contribution in [0, 0.1) is 0 Å². The Balaban J connectivity index is 2.33. The molecule has 76 valence electrons. The van der Waals surface area contributed by atoms with Gasteiger partial charge < -0.3 is 9.84 Å². The summed E-state index contributed by atoms with van der Waals surface area (Å²) in [5.74, 6) is 0.854. The van der Waals surface area contributed by atoms with Crippen molar-refractivity contribution in [1.82, 2.24) is 0 Å². The van der Waals surface area contributed by atoms with E-state index in [-0.39, 0.29) is 6.10 Å². The number of ether oxygens (including phenoxy) is 1. The van der Waals surface area contributed by atoms with E-state index in [1.165, 1.54) is 0 Å². The molecule has 0 saturated heterocycles. The zero-order chi connectivity index (χ0) is 10.3. The van der Waals surface area contributed by atoms with E-state index in [1.54, 1.807) is 0 Å². The maximum atomic E-state index is 9.84. The predicted octanol–water partition coefficient (Wildman–Crippen LogP) is 2.66. The first-order valence-electron chi connectivity index (χ1n) is 5.19. The first kappa shape index (κ1) is 8.74. The zero-order valence-electron chi connectivity index (χ0n) is 8.31. The van der Waals surface area contributed by atoms with Crippen LogP contribution in [0.1, 0.15) is 18.1 Å². The molecule has 0 aromatic heterocycles. The molecule has 3 rings (SSSR count). The Hall–Kier alpha value is -1.54. The molecule has 0 radical (unpaired) electrons. The van der Waals surface area contributed by atoms with Crippen molar-refractivity contribution < 1.29 is 9.84 Å². The van der Waals surface area contributed by atoms with Gasteiger partial charge in [-0.2, -0.15) is 0 Å². The smallest absolute Gasteiger partial charge is 0.132 e. The van der Waals surface area contributed by atoms with Gasteiger partial charge in [0, 0.05) is 17.4 Å². The Morgan fingerprint density at radius 3 is 2.93 bits per heavy atom. The highest BCUT2D eigenvalue weighted by Crippen LogP contribution is 2.37. The van der Waals surface area contributed by atoms with Crippen molar-refractivity contribution in [3.8, 4) is 5.75 Å². The zero-order valence-corrected chi connectivity index (χ0v) is 8.31. The molecule has 0 aliphatic carbocycles. The van der Waals surface area contributed by atoms with Gasteiger partial charge in [0.25, 0.3) is 0 Å². The normalized spacial score (nSPS) is 19.7. The fourth-order valence-corrected chi connectivity index (χ4v) is 2.11. The molecule has 2 nitrogen and oxygen atoms in total. The predicted molar refractivity (Wildman–Crippen MR) is 59.0 cm³/mol. The topological polar surface area (TPSA) is 29.5 Å². The van der Waals surface area contributed by atoms with E-state index in [0.717, 1.165) is 22.1 Å². The molecule has 2 aromatic rings. The minimum Gasteiger partial charge on any atom is -0.492 e. The summed E-state index contributed by atoms with van der Waals surface area (Å²) < 4.78 is 5.65. The number of hydrogen-bond donors (Lipinski definition) is 1. The Morgan fingerprint density at radius 1 is 1.13 bits per heavy atom. The number of benzene rings is 2. The summed E-state index contributed by atoms with van der Waals surface area (Å²) in [4.78, 5) is 0. The Labute approximate surface area is 88.1 Å². The maximum absolute atomic E-state index is 9.84. The monoisotopic (exact) mass is 200 g/mol. The van der Waals surface area contributed by atoms with Crippen molar-refractivity contribution in [2.75, 3.05) is 6.61 Å². The van der Waals surface area contributed by atoms with E-state index in [1.807, 2.05) is 30.3 Å². The van der Waals surface area contributed by atoms with Crippen LogP contribution in [0.5, 0.6) is 5.75 Å². The molecule has 1 aliphatic rings. The van der Waals surface area contributed by atoms with Crippen molar-refractivity contribution in [2.45, 2.75) is 12.5 Å². The van der Waals surface area contributed by atoms with Crippen LogP contribution in [0.25, 0.3) is 10.8 Å². The number of fused-ring (bicyclic) bond motifs is 3. The Kier molecular flexibility index (Phi) is 1.89. The van der Waals surface area contributed by atoms with Crippen LogP contribution in [0.4, 0.5) is 0 Å². The molecule has 1 heterocycles. The molecular formula is C13H12O2. The van der Waals surface area contributed by atoms with Gasteiger partial charge >= 0.3 is 0 Å². The van der Waals surface area contributed by atoms with Gasteiger partial charge in [0.15, 0.2) is 0 Å². The second kappa shape index (κ2) is 3.24. The van der Waals surface area contributed by atoms with Gasteiger partial charge in [-0.15, -0.1) is 0 Å². The van der Waals surface area contributed by atoms with Crippen molar-refractivity contribution in [3.05, 3.63) is 42.0 Å². The average molecular weight is 200 g/mol. The second-order valence-electron chi connectivity index (χ2n) is 3.86. The summed E-state index contributed by atoms with van der Waals surface area (Å²) in [7, 11) is 0. The van der Waals surface area contributed by atoms with Crippen LogP contribution in [0.3, 0.4) is 0 Å². The van der Waals surface area contributed by atoms with E-state index < -0.39 is 0 Å². The molecule has 0 amide bonds. The van der Waals surface area contributed by atoms with Gasteiger partial charge in [0.05, 0.1) is 12.7 Å². The highest BCUT2D eigenvalue weighted by Gasteiger charge is 2.20. The largest absolute Gasteiger partial charge is 0.492 e. The highest BCUT2D eigenvalue weighted by atomic mass is 16.5. The molecule has 1 atom stereocenters. The van der Waals surface area contributed by atoms with Gasteiger partial charge in [-0.05, 0) is 5.39 Å². The molecule has 1 unspecified atom stereocenters. The second-order valence-corrected chi connectivity index (χ2v) is 3.86. The number of hydrogen-bond acceptors (Lipinski definition) is 2. The minimum atomic E-state index is -0.377. The molecular weight excluding hydrogens is 188 g/mol. The van der Waals surface area contributed by atoms with E-state index >= 15 is 0 Å². The molecule has 0 saturated carbocycles. The number of aliphatic hydroxyl groups excluding tert-OH is 1. The van der Waals surface area contributed by atoms with Crippen LogP contribution in [-0.2, 0) is 0 Å². The Morgan fingerprint density at radius 2 is 2.00 bits per heavy atom. The SMILES string of the molecule is OC1CCOc2c1ccc1ccccc21. The molecule has 15 heavy (non-hydrogen) atoms. The first-order valence-corrected chi connectivity index (χ1v) is 5.19. The summed E-state index contributed by atoms with van der Waals surface area (Å²) in [5, 5.41) is 12.1. The van der Waals surface area contributed by atoms with Gasteiger partial charge in [-0.3, -0.25) is 0 Å². The summed E-state index contributed by atoms with van der Waals surface area (Å²) in [6.07, 6.45) is 0.309. The van der Waals surface area contributed by atoms with Crippen molar-refractivity contribution >= 4 is 10.8 Å². The lowest BCUT2D eigenvalue weighted by molar-refractivity contribution is 0.116. The molecule has 0 bridgehead atoms. The number of rotatable bonds is 0. The van der Waals surface area contributed by atoms with E-state index in [9.17, 15) is 5.11 Å². The third-order valence-electron chi connectivity index (χ3n) is 2.91. The summed E-state index contributed by atoms with van der Waals surface area (Å²) in [6.45, 7) is 0.599. The Bertz CT molecular complexity index is 505. The van der Waals surface area contributed by atoms with Crippen LogP contribution in [0.15, 0.2) is 36.4 Å². The highest BCUT2D eigenvalue weighted by molar-refractivity contribution is 5.89. The minimum absolute atomic E-state index is 0.377. The van der Waals surface area contributed by atoms with Gasteiger partial charge in [-0.25, -0.2) is 0 Å². The van der Waals surface area contributed by atoms with Crippen LogP contribution < -0.4 is 4.74 Å². The van der Waals surface area contributed by atoms with Crippen LogP contribution in [0.2, 0.25) is 0 Å². The average Bonchev–Trinajstić information content (AvgIpc) is 2.29. The summed E-state index contributed by atoms with van der Waals surface area (Å²) in [5.41, 5.74) is 0.917. The standard InChI is InChI=1S/C13H12O2/c14-12-7-8-15-13-10-4-2-1-3-9(10)5-6-11(12)13/h1-6,12,14H,7-8H2. The molecule has 0 spiro atoms. The van der Waals surface area contributed by atoms with Gasteiger partial charge in [-0.1, -0.05) is 36.4 Å². The lowest BCUT2D eigenvalue weighted by Gasteiger charge is -2.23. The fraction of sp³-hybridized carbons (Fsp3) is 0.231. The third kappa shape index (κ3) is 1.29. The lowest BCUT2D eigenvalue weighted by Crippen LogP contribution is -2.13. The lowest BCUT2D eigenvalue weighted by atomic mass is 9.98. The quantitative estimate of drug-likeness (QED) is 0.708. The molecule has 2 aromatic carbocycles. The first-order chi connectivity index (χ1) is 7.36. The number of aliphatic hydroxyl groups is 1. The van der Waals surface area contributed by atoms with Crippen LogP contribution >= 0.6 is 0 Å². The fourth-order valence-electron chi connectivity index (χ4n) is 2.11. The van der Waals surface area contributed by atoms with Crippen LogP contribution in [-0.4, -0.2) is 11.7 Å². The van der Waals surface area contributed by atoms with E-state index in [2.05, 4.69) is 6.07 Å². The molecule has 0 fully saturated rings. The molecule has 2 heteroatoms. The molecule has 1 N–H and O–H groups in total. The van der Waals surface area contributed by atoms with Crippen molar-refractivity contribution in [2.24, 2.45) is 0 Å². The molecule has 1 aliphatic heterocycles. The van der Waals surface area contributed by atoms with E-state index in [0.29, 0.717) is 13.0 Å². The van der Waals surface area contributed by atoms with Gasteiger partial charge in [0.2, 0.25) is 0 Å². The van der Waals surface area contributed by atoms with Crippen molar-refractivity contribution in [1.29, 1.82) is 0 Å². The van der Waals surface area contributed by atoms with Gasteiger partial charge in [0.1, 0.15) is 5.75 Å². The van der Waals surface area contributed by atoms with Crippen molar-refractivity contribution in [3.63, 3.8) is 0 Å². The maximum Gasteiger partial charge on any atom is 0.132 e. The summed E-state index contributed by atoms with van der Waals surface area (Å²) >= 11 is 0. The van der Waals surface area contributed by atoms with E-state index in [4.69, 9.17) is 4.74 Å². The summed E-state index contributed by atoms with van der Waals surface area (Å²) in [6, 6.07) is 12.1. The third-order valence-corrected chi connectivity index (χ3v) is 2.91.